The van der Waals surface area contributed by atoms with Crippen molar-refractivity contribution in [2.45, 2.75) is 20.3 Å². The first kappa shape index (κ1) is 8.63. The summed E-state index contributed by atoms with van der Waals surface area (Å²) in [6.07, 6.45) is 1.76. The summed E-state index contributed by atoms with van der Waals surface area (Å²) in [4.78, 5) is 10.3. The molecular weight excluding hydrogens is 116 g/mol. The van der Waals surface area contributed by atoms with Gasteiger partial charge in [0.05, 0.1) is 0 Å². The number of rotatable bonds is 4. The molecule has 0 aliphatic carbocycles. The van der Waals surface area contributed by atoms with Gasteiger partial charge in [0.2, 0.25) is 0 Å². The van der Waals surface area contributed by atoms with Gasteiger partial charge in [-0.25, -0.2) is 0 Å². The van der Waals surface area contributed by atoms with E-state index in [1.54, 1.807) is 7.11 Å². The van der Waals surface area contributed by atoms with Crippen molar-refractivity contribution in [1.82, 2.24) is 0 Å². The quantitative estimate of drug-likeness (QED) is 0.535. The average molecular weight is 130 g/mol. The lowest BCUT2D eigenvalue weighted by molar-refractivity contribution is -0.115. The van der Waals surface area contributed by atoms with E-state index in [1.165, 1.54) is 0 Å². The minimum absolute atomic E-state index is 0.212. The molecule has 0 saturated heterocycles. The van der Waals surface area contributed by atoms with E-state index in [2.05, 4.69) is 0 Å². The van der Waals surface area contributed by atoms with E-state index in [9.17, 15) is 4.79 Å². The summed E-state index contributed by atoms with van der Waals surface area (Å²) in [5.41, 5.74) is -0.212. The second kappa shape index (κ2) is 3.62. The van der Waals surface area contributed by atoms with Crippen LogP contribution >= 0.6 is 0 Å². The Labute approximate surface area is 56.2 Å². The third-order valence-corrected chi connectivity index (χ3v) is 1.27. The Hall–Kier alpha value is -0.370. The van der Waals surface area contributed by atoms with Gasteiger partial charge in [0.15, 0.2) is 0 Å². The Kier molecular flexibility index (Phi) is 3.47. The Bertz CT molecular complexity index is 86.9. The molecular formula is C7H14O2. The van der Waals surface area contributed by atoms with Gasteiger partial charge < -0.3 is 9.53 Å². The fourth-order valence-corrected chi connectivity index (χ4v) is 0.424. The highest BCUT2D eigenvalue weighted by atomic mass is 16.5. The van der Waals surface area contributed by atoms with Crippen LogP contribution in [0.4, 0.5) is 0 Å². The Morgan fingerprint density at radius 3 is 2.44 bits per heavy atom. The van der Waals surface area contributed by atoms with Gasteiger partial charge in [-0.1, -0.05) is 13.8 Å². The van der Waals surface area contributed by atoms with Crippen molar-refractivity contribution in [3.63, 3.8) is 0 Å². The molecule has 0 unspecified atom stereocenters. The molecule has 0 radical (unpaired) electrons. The first-order chi connectivity index (χ1) is 4.12. The van der Waals surface area contributed by atoms with Crippen molar-refractivity contribution in [1.29, 1.82) is 0 Å². The number of carbonyl (C=O) groups excluding carboxylic acids is 1. The molecule has 0 heterocycles. The Balaban J connectivity index is 3.45. The fourth-order valence-electron chi connectivity index (χ4n) is 0.424. The van der Waals surface area contributed by atoms with Crippen LogP contribution in [0.2, 0.25) is 0 Å². The highest BCUT2D eigenvalue weighted by Gasteiger charge is 2.14. The highest BCUT2D eigenvalue weighted by molar-refractivity contribution is 5.57. The monoisotopic (exact) mass is 130 g/mol. The van der Waals surface area contributed by atoms with Crippen LogP contribution in [0, 0.1) is 5.41 Å². The Morgan fingerprint density at radius 2 is 2.11 bits per heavy atom. The molecule has 0 atom stereocenters. The maximum absolute atomic E-state index is 10.3. The van der Waals surface area contributed by atoms with E-state index in [4.69, 9.17) is 4.74 Å². The predicted octanol–water partition coefficient (Wildman–Crippen LogP) is 1.25. The van der Waals surface area contributed by atoms with Crippen molar-refractivity contribution in [2.24, 2.45) is 5.41 Å². The van der Waals surface area contributed by atoms with Crippen LogP contribution in [0.3, 0.4) is 0 Å². The summed E-state index contributed by atoms with van der Waals surface area (Å²) in [5.74, 6) is 0. The molecule has 0 rings (SSSR count). The van der Waals surface area contributed by atoms with E-state index >= 15 is 0 Å². The van der Waals surface area contributed by atoms with Gasteiger partial charge in [-0.2, -0.15) is 0 Å². The SMILES string of the molecule is COCCC(C)(C)C=O. The van der Waals surface area contributed by atoms with Gasteiger partial charge in [0, 0.05) is 19.1 Å². The lowest BCUT2D eigenvalue weighted by Gasteiger charge is -2.14. The largest absolute Gasteiger partial charge is 0.385 e. The van der Waals surface area contributed by atoms with E-state index < -0.39 is 0 Å². The molecule has 0 spiro atoms. The maximum Gasteiger partial charge on any atom is 0.125 e. The van der Waals surface area contributed by atoms with Gasteiger partial charge in [-0.05, 0) is 6.42 Å². The second-order valence-electron chi connectivity index (χ2n) is 2.85. The second-order valence-corrected chi connectivity index (χ2v) is 2.85. The molecule has 0 aliphatic rings. The summed E-state index contributed by atoms with van der Waals surface area (Å²) < 4.78 is 4.82. The van der Waals surface area contributed by atoms with E-state index in [0.717, 1.165) is 12.7 Å². The summed E-state index contributed by atoms with van der Waals surface area (Å²) in [5, 5.41) is 0. The van der Waals surface area contributed by atoms with Gasteiger partial charge in [-0.3, -0.25) is 0 Å². The summed E-state index contributed by atoms with van der Waals surface area (Å²) in [6, 6.07) is 0. The van der Waals surface area contributed by atoms with E-state index in [-0.39, 0.29) is 5.41 Å². The molecule has 0 aliphatic heterocycles. The first-order valence-corrected chi connectivity index (χ1v) is 3.07. The lowest BCUT2D eigenvalue weighted by atomic mass is 9.92. The Morgan fingerprint density at radius 1 is 1.56 bits per heavy atom. The molecule has 0 aromatic heterocycles. The van der Waals surface area contributed by atoms with Crippen LogP contribution in [0.15, 0.2) is 0 Å². The van der Waals surface area contributed by atoms with Crippen LogP contribution in [0.1, 0.15) is 20.3 Å². The number of carbonyl (C=O) groups is 1. The van der Waals surface area contributed by atoms with Crippen LogP contribution < -0.4 is 0 Å². The zero-order valence-corrected chi connectivity index (χ0v) is 6.31. The minimum Gasteiger partial charge on any atom is -0.385 e. The molecule has 0 fully saturated rings. The highest BCUT2D eigenvalue weighted by Crippen LogP contribution is 2.15. The van der Waals surface area contributed by atoms with Crippen molar-refractivity contribution in [3.8, 4) is 0 Å². The van der Waals surface area contributed by atoms with Crippen molar-refractivity contribution >= 4 is 6.29 Å². The number of methoxy groups -OCH3 is 1. The van der Waals surface area contributed by atoms with E-state index in [0.29, 0.717) is 6.61 Å². The van der Waals surface area contributed by atoms with Gasteiger partial charge in [0.1, 0.15) is 6.29 Å². The van der Waals surface area contributed by atoms with E-state index in [1.807, 2.05) is 13.8 Å². The van der Waals surface area contributed by atoms with Crippen molar-refractivity contribution < 1.29 is 9.53 Å². The fraction of sp³-hybridized carbons (Fsp3) is 0.857. The van der Waals surface area contributed by atoms with Gasteiger partial charge in [-0.15, -0.1) is 0 Å². The molecule has 2 nitrogen and oxygen atoms in total. The molecule has 0 aromatic carbocycles. The first-order valence-electron chi connectivity index (χ1n) is 3.07. The molecule has 0 amide bonds. The van der Waals surface area contributed by atoms with Crippen molar-refractivity contribution in [2.75, 3.05) is 13.7 Å². The van der Waals surface area contributed by atoms with Crippen LogP contribution in [-0.4, -0.2) is 20.0 Å². The lowest BCUT2D eigenvalue weighted by Crippen LogP contribution is -2.15. The molecule has 2 heteroatoms. The third-order valence-electron chi connectivity index (χ3n) is 1.27. The molecule has 0 saturated carbocycles. The molecule has 54 valence electrons. The van der Waals surface area contributed by atoms with Gasteiger partial charge >= 0.3 is 0 Å². The zero-order chi connectivity index (χ0) is 7.33. The smallest absolute Gasteiger partial charge is 0.125 e. The molecule has 9 heavy (non-hydrogen) atoms. The van der Waals surface area contributed by atoms with Crippen LogP contribution in [-0.2, 0) is 9.53 Å². The zero-order valence-electron chi connectivity index (χ0n) is 6.31. The van der Waals surface area contributed by atoms with Gasteiger partial charge in [0.25, 0.3) is 0 Å². The number of hydrogen-bond acceptors (Lipinski definition) is 2. The topological polar surface area (TPSA) is 26.3 Å². The standard InChI is InChI=1S/C7H14O2/c1-7(2,6-8)4-5-9-3/h6H,4-5H2,1-3H3. The summed E-state index contributed by atoms with van der Waals surface area (Å²) >= 11 is 0. The molecule has 0 aromatic rings. The number of hydrogen-bond donors (Lipinski definition) is 0. The maximum atomic E-state index is 10.3. The summed E-state index contributed by atoms with van der Waals surface area (Å²) in [7, 11) is 1.64. The average Bonchev–Trinajstić information content (AvgIpc) is 1.84. The number of aldehydes is 1. The number of ether oxygens (including phenoxy) is 1. The molecule has 0 bridgehead atoms. The summed E-state index contributed by atoms with van der Waals surface area (Å²) in [6.45, 7) is 4.46. The predicted molar refractivity (Wildman–Crippen MR) is 36.3 cm³/mol. The molecule has 0 N–H and O–H groups in total. The minimum atomic E-state index is -0.212. The van der Waals surface area contributed by atoms with Crippen LogP contribution in [0.25, 0.3) is 0 Å². The normalized spacial score (nSPS) is 11.4. The van der Waals surface area contributed by atoms with Crippen LogP contribution in [0.5, 0.6) is 0 Å². The van der Waals surface area contributed by atoms with Crippen molar-refractivity contribution in [3.05, 3.63) is 0 Å². The third kappa shape index (κ3) is 4.15.